The summed E-state index contributed by atoms with van der Waals surface area (Å²) < 4.78 is 15.0. The van der Waals surface area contributed by atoms with E-state index in [0.29, 0.717) is 11.1 Å². The van der Waals surface area contributed by atoms with Crippen molar-refractivity contribution in [3.63, 3.8) is 0 Å². The van der Waals surface area contributed by atoms with Crippen LogP contribution in [0.4, 0.5) is 4.39 Å². The van der Waals surface area contributed by atoms with Crippen molar-refractivity contribution in [2.45, 2.75) is 19.9 Å². The summed E-state index contributed by atoms with van der Waals surface area (Å²) in [6.45, 7) is 3.75. The molecule has 0 radical (unpaired) electrons. The number of nitrogens with two attached hydrogens (primary N) is 1. The van der Waals surface area contributed by atoms with Gasteiger partial charge in [0.25, 0.3) is 0 Å². The Labute approximate surface area is 113 Å². The van der Waals surface area contributed by atoms with Gasteiger partial charge >= 0.3 is 0 Å². The van der Waals surface area contributed by atoms with Crippen LogP contribution in [-0.4, -0.2) is 0 Å². The quantitative estimate of drug-likeness (QED) is 0.878. The highest BCUT2D eigenvalue weighted by Gasteiger charge is 2.17. The first-order valence-electron chi connectivity index (χ1n) is 5.27. The van der Waals surface area contributed by atoms with Gasteiger partial charge in [0.1, 0.15) is 5.82 Å². The fourth-order valence-electron chi connectivity index (χ4n) is 1.70. The monoisotopic (exact) mass is 313 g/mol. The molecule has 2 aromatic rings. The van der Waals surface area contributed by atoms with Gasteiger partial charge in [0.15, 0.2) is 0 Å². The number of halogens is 2. The molecule has 0 fully saturated rings. The molecule has 0 spiro atoms. The number of hydrogen-bond acceptors (Lipinski definition) is 2. The van der Waals surface area contributed by atoms with E-state index in [1.165, 1.54) is 0 Å². The minimum Gasteiger partial charge on any atom is -0.320 e. The van der Waals surface area contributed by atoms with Crippen molar-refractivity contribution in [2.75, 3.05) is 0 Å². The van der Waals surface area contributed by atoms with Crippen LogP contribution in [0.2, 0.25) is 0 Å². The average Bonchev–Trinajstić information content (AvgIpc) is 2.62. The van der Waals surface area contributed by atoms with Crippen LogP contribution in [0.3, 0.4) is 0 Å². The zero-order chi connectivity index (χ0) is 12.6. The molecular formula is C13H13BrFNS. The van der Waals surface area contributed by atoms with Crippen molar-refractivity contribution in [1.29, 1.82) is 0 Å². The van der Waals surface area contributed by atoms with Gasteiger partial charge in [-0.05, 0) is 47.0 Å². The summed E-state index contributed by atoms with van der Waals surface area (Å²) in [6.07, 6.45) is 0. The van der Waals surface area contributed by atoms with E-state index in [-0.39, 0.29) is 5.82 Å². The Balaban J connectivity index is 2.43. The highest BCUT2D eigenvalue weighted by atomic mass is 79.9. The molecule has 0 bridgehead atoms. The van der Waals surface area contributed by atoms with Crippen molar-refractivity contribution in [2.24, 2.45) is 5.73 Å². The minimum absolute atomic E-state index is 0.206. The summed E-state index contributed by atoms with van der Waals surface area (Å²) in [5, 5.41) is 0. The second-order valence-corrected chi connectivity index (χ2v) is 6.46. The van der Waals surface area contributed by atoms with Crippen LogP contribution in [0.1, 0.15) is 27.6 Å². The van der Waals surface area contributed by atoms with Gasteiger partial charge in [-0.2, -0.15) is 0 Å². The number of benzene rings is 1. The highest BCUT2D eigenvalue weighted by Crippen LogP contribution is 2.34. The molecular weight excluding hydrogens is 301 g/mol. The molecule has 1 unspecified atom stereocenters. The van der Waals surface area contributed by atoms with E-state index in [1.807, 2.05) is 19.1 Å². The molecule has 0 amide bonds. The smallest absolute Gasteiger partial charge is 0.131 e. The molecule has 0 aliphatic rings. The van der Waals surface area contributed by atoms with Crippen molar-refractivity contribution >= 4 is 27.3 Å². The van der Waals surface area contributed by atoms with Crippen LogP contribution >= 0.6 is 27.3 Å². The average molecular weight is 314 g/mol. The molecule has 0 saturated heterocycles. The fraction of sp³-hybridized carbons (Fsp3) is 0.231. The molecule has 1 heterocycles. The van der Waals surface area contributed by atoms with Crippen LogP contribution in [0.15, 0.2) is 28.1 Å². The third kappa shape index (κ3) is 2.44. The van der Waals surface area contributed by atoms with Gasteiger partial charge in [-0.15, -0.1) is 11.3 Å². The SMILES string of the molecule is Cc1cc(C(N)c2cccc(C)c2F)sc1Br. The van der Waals surface area contributed by atoms with Gasteiger partial charge in [-0.3, -0.25) is 0 Å². The van der Waals surface area contributed by atoms with E-state index >= 15 is 0 Å². The zero-order valence-electron chi connectivity index (χ0n) is 9.63. The molecule has 1 nitrogen and oxygen atoms in total. The Morgan fingerprint density at radius 1 is 1.29 bits per heavy atom. The van der Waals surface area contributed by atoms with Gasteiger partial charge in [-0.1, -0.05) is 18.2 Å². The summed E-state index contributed by atoms with van der Waals surface area (Å²) in [5.74, 6) is -0.206. The first-order valence-corrected chi connectivity index (χ1v) is 6.88. The summed E-state index contributed by atoms with van der Waals surface area (Å²) in [4.78, 5) is 0.971. The predicted molar refractivity (Wildman–Crippen MR) is 73.9 cm³/mol. The highest BCUT2D eigenvalue weighted by molar-refractivity contribution is 9.11. The number of aryl methyl sites for hydroxylation is 2. The zero-order valence-corrected chi connectivity index (χ0v) is 12.0. The van der Waals surface area contributed by atoms with E-state index in [4.69, 9.17) is 5.73 Å². The van der Waals surface area contributed by atoms with Crippen molar-refractivity contribution in [1.82, 2.24) is 0 Å². The Hall–Kier alpha value is -0.710. The molecule has 1 aromatic carbocycles. The maximum absolute atomic E-state index is 14.0. The molecule has 2 N–H and O–H groups in total. The minimum atomic E-state index is -0.398. The largest absolute Gasteiger partial charge is 0.320 e. The van der Waals surface area contributed by atoms with Crippen molar-refractivity contribution < 1.29 is 4.39 Å². The Kier molecular flexibility index (Phi) is 3.66. The predicted octanol–water partition coefficient (Wildman–Crippen LogP) is 4.31. The lowest BCUT2D eigenvalue weighted by molar-refractivity contribution is 0.592. The number of rotatable bonds is 2. The molecule has 2 rings (SSSR count). The summed E-state index contributed by atoms with van der Waals surface area (Å²) in [7, 11) is 0. The molecule has 1 aromatic heterocycles. The molecule has 17 heavy (non-hydrogen) atoms. The van der Waals surface area contributed by atoms with Gasteiger partial charge in [-0.25, -0.2) is 4.39 Å². The third-order valence-electron chi connectivity index (χ3n) is 2.74. The van der Waals surface area contributed by atoms with Crippen LogP contribution in [0.5, 0.6) is 0 Å². The lowest BCUT2D eigenvalue weighted by atomic mass is 10.0. The van der Waals surface area contributed by atoms with Gasteiger partial charge in [0.05, 0.1) is 9.83 Å². The van der Waals surface area contributed by atoms with Crippen LogP contribution < -0.4 is 5.73 Å². The standard InChI is InChI=1S/C13H13BrFNS/c1-7-4-3-5-9(11(7)15)12(16)10-6-8(2)13(14)17-10/h3-6,12H,16H2,1-2H3. The van der Waals surface area contributed by atoms with Crippen molar-refractivity contribution in [3.8, 4) is 0 Å². The second kappa shape index (κ2) is 4.88. The third-order valence-corrected chi connectivity index (χ3v) is 4.96. The van der Waals surface area contributed by atoms with Gasteiger partial charge in [0, 0.05) is 10.4 Å². The molecule has 4 heteroatoms. The van der Waals surface area contributed by atoms with E-state index in [9.17, 15) is 4.39 Å². The van der Waals surface area contributed by atoms with Gasteiger partial charge < -0.3 is 5.73 Å². The van der Waals surface area contributed by atoms with E-state index in [0.717, 1.165) is 14.2 Å². The maximum Gasteiger partial charge on any atom is 0.131 e. The van der Waals surface area contributed by atoms with E-state index < -0.39 is 6.04 Å². The van der Waals surface area contributed by atoms with Gasteiger partial charge in [0.2, 0.25) is 0 Å². The lowest BCUT2D eigenvalue weighted by Gasteiger charge is -2.12. The molecule has 0 saturated carbocycles. The molecule has 0 aliphatic heterocycles. The first-order chi connectivity index (χ1) is 8.00. The fourth-order valence-corrected chi connectivity index (χ4v) is 3.29. The summed E-state index contributed by atoms with van der Waals surface area (Å²) in [6, 6.07) is 6.94. The molecule has 0 aliphatic carbocycles. The maximum atomic E-state index is 14.0. The summed E-state index contributed by atoms with van der Waals surface area (Å²) >= 11 is 5.02. The Morgan fingerprint density at radius 2 is 2.00 bits per heavy atom. The van der Waals surface area contributed by atoms with Crippen molar-refractivity contribution in [3.05, 3.63) is 55.4 Å². The van der Waals surface area contributed by atoms with Crippen LogP contribution in [0.25, 0.3) is 0 Å². The Morgan fingerprint density at radius 3 is 2.59 bits per heavy atom. The van der Waals surface area contributed by atoms with Crippen LogP contribution in [0, 0.1) is 19.7 Å². The van der Waals surface area contributed by atoms with Crippen LogP contribution in [-0.2, 0) is 0 Å². The second-order valence-electron chi connectivity index (χ2n) is 4.06. The van der Waals surface area contributed by atoms with E-state index in [2.05, 4.69) is 15.9 Å². The Bertz CT molecular complexity index is 531. The lowest BCUT2D eigenvalue weighted by Crippen LogP contribution is -2.12. The van der Waals surface area contributed by atoms with E-state index in [1.54, 1.807) is 30.4 Å². The topological polar surface area (TPSA) is 26.0 Å². The first kappa shape index (κ1) is 12.7. The molecule has 90 valence electrons. The molecule has 1 atom stereocenters. The normalized spacial score (nSPS) is 12.8. The number of thiophene rings is 1. The number of hydrogen-bond donors (Lipinski definition) is 1. The summed E-state index contributed by atoms with van der Waals surface area (Å²) in [5.41, 5.74) is 8.44.